The lowest BCUT2D eigenvalue weighted by atomic mass is 10.1. The molecule has 1 N–H and O–H groups in total. The molecule has 0 amide bonds. The van der Waals surface area contributed by atoms with Crippen molar-refractivity contribution in [1.82, 2.24) is 4.98 Å². The van der Waals surface area contributed by atoms with E-state index >= 15 is 0 Å². The molecule has 0 unspecified atom stereocenters. The molecule has 4 rings (SSSR count). The molecule has 1 aliphatic rings. The van der Waals surface area contributed by atoms with Crippen molar-refractivity contribution >= 4 is 26.4 Å². The van der Waals surface area contributed by atoms with Crippen molar-refractivity contribution in [3.05, 3.63) is 59.8 Å². The van der Waals surface area contributed by atoms with Crippen molar-refractivity contribution in [3.8, 4) is 12.1 Å². The highest BCUT2D eigenvalue weighted by Gasteiger charge is 2.32. The normalized spacial score (nSPS) is 16.4. The number of fused-ring (bicyclic) bond motifs is 1. The molecule has 2 heterocycles. The predicted molar refractivity (Wildman–Crippen MR) is 111 cm³/mol. The summed E-state index contributed by atoms with van der Waals surface area (Å²) in [5.41, 5.74) is 1.67. The second kappa shape index (κ2) is 7.75. The summed E-state index contributed by atoms with van der Waals surface area (Å²) in [6, 6.07) is 14.7. The quantitative estimate of drug-likeness (QED) is 0.692. The average Bonchev–Trinajstić information content (AvgIpc) is 3.26. The minimum Gasteiger partial charge on any atom is -0.394 e. The van der Waals surface area contributed by atoms with E-state index in [-0.39, 0.29) is 28.0 Å². The number of aromatic nitrogens is 1. The molecular formula is C22H18N4O3S. The van der Waals surface area contributed by atoms with Gasteiger partial charge >= 0.3 is 0 Å². The van der Waals surface area contributed by atoms with Gasteiger partial charge in [0.05, 0.1) is 52.0 Å². The van der Waals surface area contributed by atoms with Crippen LogP contribution in [0.2, 0.25) is 0 Å². The number of hydrogen-bond acceptors (Lipinski definition) is 7. The molecule has 2 aromatic carbocycles. The van der Waals surface area contributed by atoms with E-state index in [0.29, 0.717) is 28.7 Å². The van der Waals surface area contributed by atoms with Gasteiger partial charge < -0.3 is 10.0 Å². The number of aliphatic hydroxyl groups is 1. The van der Waals surface area contributed by atoms with Crippen LogP contribution < -0.4 is 4.90 Å². The summed E-state index contributed by atoms with van der Waals surface area (Å²) in [6.07, 6.45) is 2.88. The Labute approximate surface area is 174 Å². The van der Waals surface area contributed by atoms with E-state index in [1.165, 1.54) is 24.4 Å². The van der Waals surface area contributed by atoms with Crippen molar-refractivity contribution in [2.24, 2.45) is 0 Å². The molecule has 7 nitrogen and oxygen atoms in total. The maximum absolute atomic E-state index is 13.6. The molecule has 0 saturated carbocycles. The fourth-order valence-corrected chi connectivity index (χ4v) is 5.37. The van der Waals surface area contributed by atoms with Gasteiger partial charge in [0.2, 0.25) is 9.84 Å². The molecule has 8 heteroatoms. The van der Waals surface area contributed by atoms with Crippen molar-refractivity contribution in [3.63, 3.8) is 0 Å². The number of aliphatic hydroxyl groups excluding tert-OH is 1. The number of nitriles is 2. The Morgan fingerprint density at radius 2 is 1.90 bits per heavy atom. The van der Waals surface area contributed by atoms with Crippen molar-refractivity contribution in [2.45, 2.75) is 28.7 Å². The van der Waals surface area contributed by atoms with Crippen LogP contribution in [0.5, 0.6) is 0 Å². The van der Waals surface area contributed by atoms with Crippen molar-refractivity contribution < 1.29 is 13.5 Å². The average molecular weight is 418 g/mol. The van der Waals surface area contributed by atoms with Crippen LogP contribution in [0.4, 0.5) is 5.69 Å². The van der Waals surface area contributed by atoms with Crippen molar-refractivity contribution in [1.29, 1.82) is 10.5 Å². The maximum Gasteiger partial charge on any atom is 0.210 e. The van der Waals surface area contributed by atoms with Gasteiger partial charge in [-0.05, 0) is 49.2 Å². The number of sulfone groups is 1. The lowest BCUT2D eigenvalue weighted by Gasteiger charge is -2.28. The summed E-state index contributed by atoms with van der Waals surface area (Å²) in [4.78, 5) is 6.27. The zero-order chi connectivity index (χ0) is 21.3. The van der Waals surface area contributed by atoms with Gasteiger partial charge in [-0.15, -0.1) is 0 Å². The topological polar surface area (TPSA) is 118 Å². The van der Waals surface area contributed by atoms with Crippen LogP contribution in [0.15, 0.2) is 58.5 Å². The van der Waals surface area contributed by atoms with Crippen molar-refractivity contribution in [2.75, 3.05) is 18.1 Å². The Morgan fingerprint density at radius 1 is 1.13 bits per heavy atom. The van der Waals surface area contributed by atoms with E-state index in [0.717, 1.165) is 12.8 Å². The number of rotatable bonds is 4. The third-order valence-corrected chi connectivity index (χ3v) is 7.13. The zero-order valence-corrected chi connectivity index (χ0v) is 16.8. The Morgan fingerprint density at radius 3 is 2.63 bits per heavy atom. The molecule has 3 aromatic rings. The van der Waals surface area contributed by atoms with E-state index in [9.17, 15) is 18.8 Å². The highest BCUT2D eigenvalue weighted by Crippen LogP contribution is 2.39. The van der Waals surface area contributed by atoms with E-state index in [2.05, 4.69) is 11.1 Å². The van der Waals surface area contributed by atoms with Crippen LogP contribution in [-0.2, 0) is 9.84 Å². The van der Waals surface area contributed by atoms with Gasteiger partial charge in [0.1, 0.15) is 4.90 Å². The zero-order valence-electron chi connectivity index (χ0n) is 16.0. The largest absolute Gasteiger partial charge is 0.394 e. The monoisotopic (exact) mass is 418 g/mol. The predicted octanol–water partition coefficient (Wildman–Crippen LogP) is 2.77. The van der Waals surface area contributed by atoms with Gasteiger partial charge in [-0.2, -0.15) is 10.5 Å². The number of benzene rings is 2. The van der Waals surface area contributed by atoms with Gasteiger partial charge in [-0.1, -0.05) is 6.07 Å². The molecule has 0 bridgehead atoms. The summed E-state index contributed by atoms with van der Waals surface area (Å²) in [7, 11) is -3.98. The number of hydrogen-bond donors (Lipinski definition) is 1. The summed E-state index contributed by atoms with van der Waals surface area (Å²) in [6.45, 7) is 0.509. The van der Waals surface area contributed by atoms with Gasteiger partial charge in [0, 0.05) is 18.1 Å². The Hall–Kier alpha value is -3.46. The second-order valence-corrected chi connectivity index (χ2v) is 9.05. The highest BCUT2D eigenvalue weighted by molar-refractivity contribution is 7.91. The van der Waals surface area contributed by atoms with E-state index in [1.54, 1.807) is 24.3 Å². The summed E-state index contributed by atoms with van der Waals surface area (Å²) in [5.74, 6) is 0. The molecule has 1 aliphatic heterocycles. The van der Waals surface area contributed by atoms with Gasteiger partial charge in [0.25, 0.3) is 0 Å². The lowest BCUT2D eigenvalue weighted by Crippen LogP contribution is -2.33. The SMILES string of the molecule is N#Cc1cccc(S(=O)(=O)c2cnc3cc(C#N)ccc3c2N2CCC[C@@H]2CO)c1. The first-order valence-corrected chi connectivity index (χ1v) is 10.9. The third-order valence-electron chi connectivity index (χ3n) is 5.37. The van der Waals surface area contributed by atoms with Crippen LogP contribution in [0, 0.1) is 22.7 Å². The molecule has 0 spiro atoms. The number of pyridine rings is 1. The molecule has 1 atom stereocenters. The summed E-state index contributed by atoms with van der Waals surface area (Å²) in [5, 5.41) is 28.8. The van der Waals surface area contributed by atoms with Gasteiger partial charge in [-0.3, -0.25) is 4.98 Å². The van der Waals surface area contributed by atoms with Crippen LogP contribution in [0.3, 0.4) is 0 Å². The first kappa shape index (κ1) is 19.8. The first-order valence-electron chi connectivity index (χ1n) is 9.45. The molecule has 30 heavy (non-hydrogen) atoms. The van der Waals surface area contributed by atoms with Crippen LogP contribution >= 0.6 is 0 Å². The third kappa shape index (κ3) is 3.26. The van der Waals surface area contributed by atoms with Gasteiger partial charge in [-0.25, -0.2) is 8.42 Å². The van der Waals surface area contributed by atoms with Crippen LogP contribution in [-0.4, -0.2) is 37.7 Å². The Balaban J connectivity index is 2.01. The molecule has 1 aromatic heterocycles. The smallest absolute Gasteiger partial charge is 0.210 e. The fraction of sp³-hybridized carbons (Fsp3) is 0.227. The molecule has 1 fully saturated rings. The summed E-state index contributed by atoms with van der Waals surface area (Å²) >= 11 is 0. The molecule has 0 radical (unpaired) electrons. The van der Waals surface area contributed by atoms with E-state index < -0.39 is 9.84 Å². The van der Waals surface area contributed by atoms with Gasteiger partial charge in [0.15, 0.2) is 0 Å². The lowest BCUT2D eigenvalue weighted by molar-refractivity contribution is 0.266. The fourth-order valence-electron chi connectivity index (χ4n) is 3.90. The second-order valence-electron chi connectivity index (χ2n) is 7.13. The number of anilines is 1. The van der Waals surface area contributed by atoms with Crippen LogP contribution in [0.25, 0.3) is 10.9 Å². The Kier molecular flexibility index (Phi) is 5.13. The highest BCUT2D eigenvalue weighted by atomic mass is 32.2. The van der Waals surface area contributed by atoms with E-state index in [1.807, 2.05) is 11.0 Å². The number of nitrogens with zero attached hydrogens (tertiary/aromatic N) is 4. The van der Waals surface area contributed by atoms with Crippen LogP contribution in [0.1, 0.15) is 24.0 Å². The maximum atomic E-state index is 13.6. The first-order chi connectivity index (χ1) is 14.5. The molecular weight excluding hydrogens is 400 g/mol. The molecule has 150 valence electrons. The molecule has 0 aliphatic carbocycles. The minimum absolute atomic E-state index is 0.0114. The molecule has 1 saturated heterocycles. The van der Waals surface area contributed by atoms with E-state index in [4.69, 9.17) is 5.26 Å². The summed E-state index contributed by atoms with van der Waals surface area (Å²) < 4.78 is 27.1. The Bertz CT molecular complexity index is 1320. The minimum atomic E-state index is -3.98. The standard InChI is InChI=1S/C22H18N4O3S/c23-11-15-3-1-5-18(9-15)30(28,29)21-13-25-20-10-16(12-24)6-7-19(20)22(21)26-8-2-4-17(26)14-27/h1,3,5-7,9-10,13,17,27H,2,4,8,14H2/t17-/m1/s1.